The first kappa shape index (κ1) is 12.9. The van der Waals surface area contributed by atoms with Crippen LogP contribution in [0.1, 0.15) is 19.3 Å². The quantitative estimate of drug-likeness (QED) is 0.708. The molecule has 0 spiro atoms. The SMILES string of the molecule is C[Si](C)(C)SC1CCC(=Nc2ccccc2)C1. The van der Waals surface area contributed by atoms with Crippen molar-refractivity contribution in [3.8, 4) is 0 Å². The zero-order valence-electron chi connectivity index (χ0n) is 10.9. The molecule has 0 amide bonds. The highest BCUT2D eigenvalue weighted by atomic mass is 32.4. The summed E-state index contributed by atoms with van der Waals surface area (Å²) in [4.78, 5) is 4.76. The number of benzene rings is 1. The number of nitrogens with zero attached hydrogens (tertiary/aromatic N) is 1. The van der Waals surface area contributed by atoms with Crippen molar-refractivity contribution < 1.29 is 0 Å². The van der Waals surface area contributed by atoms with Gasteiger partial charge < -0.3 is 0 Å². The van der Waals surface area contributed by atoms with Crippen LogP contribution < -0.4 is 0 Å². The highest BCUT2D eigenvalue weighted by Gasteiger charge is 2.26. The van der Waals surface area contributed by atoms with E-state index in [0.29, 0.717) is 0 Å². The van der Waals surface area contributed by atoms with E-state index in [1.807, 2.05) is 6.07 Å². The summed E-state index contributed by atoms with van der Waals surface area (Å²) >= 11 is 2.24. The van der Waals surface area contributed by atoms with Gasteiger partial charge in [0, 0.05) is 11.0 Å². The first-order chi connectivity index (χ1) is 8.03. The zero-order chi connectivity index (χ0) is 12.3. The minimum atomic E-state index is -0.982. The molecule has 0 heterocycles. The van der Waals surface area contributed by atoms with Gasteiger partial charge in [0.2, 0.25) is 0 Å². The Kier molecular flexibility index (Phi) is 4.10. The number of hydrogen-bond donors (Lipinski definition) is 0. The Morgan fingerprint density at radius 3 is 2.53 bits per heavy atom. The van der Waals surface area contributed by atoms with E-state index in [1.54, 1.807) is 0 Å². The average Bonchev–Trinajstić information content (AvgIpc) is 2.64. The molecule has 0 aromatic heterocycles. The van der Waals surface area contributed by atoms with Crippen LogP contribution in [-0.2, 0) is 0 Å². The second-order valence-electron chi connectivity index (χ2n) is 5.61. The number of rotatable bonds is 3. The molecule has 0 saturated heterocycles. The molecule has 1 saturated carbocycles. The van der Waals surface area contributed by atoms with E-state index in [0.717, 1.165) is 10.9 Å². The van der Waals surface area contributed by atoms with Crippen molar-refractivity contribution in [2.75, 3.05) is 0 Å². The molecule has 17 heavy (non-hydrogen) atoms. The van der Waals surface area contributed by atoms with E-state index in [-0.39, 0.29) is 0 Å². The highest BCUT2D eigenvalue weighted by molar-refractivity contribution is 8.29. The van der Waals surface area contributed by atoms with Crippen LogP contribution in [0.15, 0.2) is 35.3 Å². The van der Waals surface area contributed by atoms with Crippen molar-refractivity contribution in [3.05, 3.63) is 30.3 Å². The Bertz CT molecular complexity index is 394. The van der Waals surface area contributed by atoms with E-state index >= 15 is 0 Å². The van der Waals surface area contributed by atoms with E-state index in [4.69, 9.17) is 4.99 Å². The third-order valence-corrected chi connectivity index (χ3v) is 7.35. The molecule has 1 nitrogen and oxygen atoms in total. The Hall–Kier alpha value is -0.543. The molecule has 1 atom stereocenters. The lowest BCUT2D eigenvalue weighted by Gasteiger charge is -2.19. The van der Waals surface area contributed by atoms with Crippen LogP contribution >= 0.6 is 11.2 Å². The normalized spacial score (nSPS) is 23.2. The van der Waals surface area contributed by atoms with Gasteiger partial charge in [0.1, 0.15) is 7.22 Å². The number of para-hydroxylation sites is 1. The summed E-state index contributed by atoms with van der Waals surface area (Å²) in [6, 6.07) is 10.3. The second kappa shape index (κ2) is 5.40. The molecule has 0 aliphatic heterocycles. The van der Waals surface area contributed by atoms with Crippen LogP contribution in [0.4, 0.5) is 5.69 Å². The van der Waals surface area contributed by atoms with E-state index in [2.05, 4.69) is 55.1 Å². The van der Waals surface area contributed by atoms with Crippen molar-refractivity contribution in [2.24, 2.45) is 4.99 Å². The molecule has 2 rings (SSSR count). The third-order valence-electron chi connectivity index (χ3n) is 2.78. The van der Waals surface area contributed by atoms with Gasteiger partial charge in [-0.3, -0.25) is 4.99 Å². The fraction of sp³-hybridized carbons (Fsp3) is 0.500. The predicted molar refractivity (Wildman–Crippen MR) is 82.1 cm³/mol. The van der Waals surface area contributed by atoms with Crippen molar-refractivity contribution >= 4 is 29.8 Å². The van der Waals surface area contributed by atoms with E-state index < -0.39 is 7.22 Å². The summed E-state index contributed by atoms with van der Waals surface area (Å²) in [7, 11) is -0.982. The maximum Gasteiger partial charge on any atom is 0.108 e. The van der Waals surface area contributed by atoms with E-state index in [1.165, 1.54) is 25.0 Å². The molecule has 1 aliphatic carbocycles. The minimum Gasteiger partial charge on any atom is -0.258 e. The molecule has 3 heteroatoms. The molecular weight excluding hydrogens is 242 g/mol. The Balaban J connectivity index is 1.96. The molecule has 1 aliphatic rings. The van der Waals surface area contributed by atoms with Crippen LogP contribution in [0.2, 0.25) is 19.6 Å². The molecule has 92 valence electrons. The van der Waals surface area contributed by atoms with Crippen molar-refractivity contribution in [3.63, 3.8) is 0 Å². The van der Waals surface area contributed by atoms with Crippen LogP contribution in [0.5, 0.6) is 0 Å². The molecule has 1 aromatic carbocycles. The lowest BCUT2D eigenvalue weighted by Crippen LogP contribution is -2.18. The first-order valence-corrected chi connectivity index (χ1v) is 11.4. The van der Waals surface area contributed by atoms with Gasteiger partial charge in [0.05, 0.1) is 5.69 Å². The zero-order valence-corrected chi connectivity index (χ0v) is 12.8. The van der Waals surface area contributed by atoms with Crippen molar-refractivity contribution in [1.82, 2.24) is 0 Å². The molecule has 0 bridgehead atoms. The standard InChI is InChI=1S/C14H21NSSi/c1-17(2,3)16-14-10-9-13(11-14)15-12-7-5-4-6-8-12/h4-8,14H,9-11H2,1-3H3. The molecule has 1 unspecified atom stereocenters. The summed E-state index contributed by atoms with van der Waals surface area (Å²) in [5.41, 5.74) is 2.51. The van der Waals surface area contributed by atoms with Gasteiger partial charge in [-0.1, -0.05) is 37.8 Å². The summed E-state index contributed by atoms with van der Waals surface area (Å²) in [5, 5.41) is 0.823. The molecule has 0 N–H and O–H groups in total. The molecule has 1 aromatic rings. The fourth-order valence-corrected chi connectivity index (χ4v) is 7.30. The van der Waals surface area contributed by atoms with Crippen LogP contribution in [0.25, 0.3) is 0 Å². The predicted octanol–water partition coefficient (Wildman–Crippen LogP) is 4.88. The third kappa shape index (κ3) is 4.32. The van der Waals surface area contributed by atoms with Gasteiger partial charge in [-0.15, -0.1) is 0 Å². The summed E-state index contributed by atoms with van der Waals surface area (Å²) in [6.07, 6.45) is 3.71. The highest BCUT2D eigenvalue weighted by Crippen LogP contribution is 2.35. The molecule has 1 fully saturated rings. The maximum atomic E-state index is 4.76. The first-order valence-electron chi connectivity index (χ1n) is 6.32. The fourth-order valence-electron chi connectivity index (χ4n) is 2.18. The summed E-state index contributed by atoms with van der Waals surface area (Å²) < 4.78 is 0. The topological polar surface area (TPSA) is 12.4 Å². The van der Waals surface area contributed by atoms with Crippen molar-refractivity contribution in [1.29, 1.82) is 0 Å². The summed E-state index contributed by atoms with van der Waals surface area (Å²) in [6.45, 7) is 7.30. The minimum absolute atomic E-state index is 0.823. The van der Waals surface area contributed by atoms with Gasteiger partial charge in [-0.25, -0.2) is 0 Å². The Morgan fingerprint density at radius 2 is 1.88 bits per heavy atom. The second-order valence-corrected chi connectivity index (χ2v) is 15.1. The smallest absolute Gasteiger partial charge is 0.108 e. The Labute approximate surface area is 109 Å². The van der Waals surface area contributed by atoms with Gasteiger partial charge in [-0.05, 0) is 31.4 Å². The summed E-state index contributed by atoms with van der Waals surface area (Å²) in [5.74, 6) is 0. The monoisotopic (exact) mass is 263 g/mol. The van der Waals surface area contributed by atoms with Gasteiger partial charge in [0.25, 0.3) is 0 Å². The van der Waals surface area contributed by atoms with Crippen LogP contribution in [0.3, 0.4) is 0 Å². The largest absolute Gasteiger partial charge is 0.258 e. The lowest BCUT2D eigenvalue weighted by molar-refractivity contribution is 0.911. The van der Waals surface area contributed by atoms with Crippen molar-refractivity contribution in [2.45, 2.75) is 44.2 Å². The van der Waals surface area contributed by atoms with Gasteiger partial charge in [-0.2, -0.15) is 11.2 Å². The van der Waals surface area contributed by atoms with Crippen LogP contribution in [-0.4, -0.2) is 18.2 Å². The Morgan fingerprint density at radius 1 is 1.18 bits per heavy atom. The van der Waals surface area contributed by atoms with Crippen LogP contribution in [0, 0.1) is 0 Å². The van der Waals surface area contributed by atoms with Gasteiger partial charge >= 0.3 is 0 Å². The molecular formula is C14H21NSSi. The number of hydrogen-bond acceptors (Lipinski definition) is 2. The van der Waals surface area contributed by atoms with Gasteiger partial charge in [0.15, 0.2) is 0 Å². The lowest BCUT2D eigenvalue weighted by atomic mass is 10.3. The maximum absolute atomic E-state index is 4.76. The number of aliphatic imine (C=N–C) groups is 1. The average molecular weight is 263 g/mol. The molecule has 0 radical (unpaired) electrons. The van der Waals surface area contributed by atoms with E-state index in [9.17, 15) is 0 Å².